The highest BCUT2D eigenvalue weighted by Gasteiger charge is 2.09. The molecule has 3 rings (SSSR count). The number of aryl methyl sites for hydroxylation is 1. The molecule has 0 unspecified atom stereocenters. The van der Waals surface area contributed by atoms with Crippen LogP contribution in [0.3, 0.4) is 0 Å². The molecule has 1 N–H and O–H groups in total. The zero-order chi connectivity index (χ0) is 16.2. The number of hydrogen-bond donors (Lipinski definition) is 1. The Labute approximate surface area is 143 Å². The van der Waals surface area contributed by atoms with Crippen LogP contribution in [0.25, 0.3) is 11.5 Å². The van der Waals surface area contributed by atoms with Crippen molar-refractivity contribution in [1.29, 1.82) is 0 Å². The molecule has 3 aromatic rings. The van der Waals surface area contributed by atoms with Gasteiger partial charge in [0.1, 0.15) is 11.5 Å². The van der Waals surface area contributed by atoms with Crippen molar-refractivity contribution in [3.05, 3.63) is 63.1 Å². The number of hydrogen-bond acceptors (Lipinski definition) is 4. The molecule has 0 radical (unpaired) electrons. The van der Waals surface area contributed by atoms with Crippen molar-refractivity contribution < 1.29 is 9.21 Å². The first-order chi connectivity index (χ1) is 11.1. The Morgan fingerprint density at radius 1 is 1.26 bits per heavy atom. The molecule has 0 saturated heterocycles. The monoisotopic (exact) mass is 346 g/mol. The number of benzene rings is 1. The van der Waals surface area contributed by atoms with Crippen LogP contribution in [0.5, 0.6) is 0 Å². The maximum Gasteiger partial charge on any atom is 0.224 e. The average Bonchev–Trinajstić information content (AvgIpc) is 3.16. The highest BCUT2D eigenvalue weighted by atomic mass is 35.5. The third-order valence-electron chi connectivity index (χ3n) is 3.27. The van der Waals surface area contributed by atoms with E-state index in [-0.39, 0.29) is 5.91 Å². The summed E-state index contributed by atoms with van der Waals surface area (Å²) in [4.78, 5) is 16.3. The zero-order valence-electron chi connectivity index (χ0n) is 12.5. The first-order valence-electron chi connectivity index (χ1n) is 7.12. The van der Waals surface area contributed by atoms with Gasteiger partial charge in [0, 0.05) is 10.4 Å². The predicted molar refractivity (Wildman–Crippen MR) is 91.6 cm³/mol. The summed E-state index contributed by atoms with van der Waals surface area (Å²) in [5.74, 6) is 1.36. The maximum atomic E-state index is 12.0. The SMILES string of the molecule is Cc1nc(-c2ccc(CNC(=O)Cc3ccc(Cl)cc3)o2)cs1. The van der Waals surface area contributed by atoms with Gasteiger partial charge in [-0.1, -0.05) is 23.7 Å². The Balaban J connectivity index is 1.55. The van der Waals surface area contributed by atoms with Crippen molar-refractivity contribution in [1.82, 2.24) is 10.3 Å². The number of rotatable bonds is 5. The van der Waals surface area contributed by atoms with Gasteiger partial charge in [-0.3, -0.25) is 4.79 Å². The van der Waals surface area contributed by atoms with Gasteiger partial charge >= 0.3 is 0 Å². The number of aromatic nitrogens is 1. The summed E-state index contributed by atoms with van der Waals surface area (Å²) in [5, 5.41) is 6.46. The van der Waals surface area contributed by atoms with Crippen molar-refractivity contribution in [2.75, 3.05) is 0 Å². The molecular weight excluding hydrogens is 332 g/mol. The van der Waals surface area contributed by atoms with Crippen LogP contribution in [0.2, 0.25) is 5.02 Å². The molecule has 0 bridgehead atoms. The van der Waals surface area contributed by atoms with E-state index in [9.17, 15) is 4.79 Å². The van der Waals surface area contributed by atoms with Crippen LogP contribution in [0, 0.1) is 6.92 Å². The first-order valence-corrected chi connectivity index (χ1v) is 8.38. The molecule has 2 heterocycles. The molecule has 0 fully saturated rings. The minimum absolute atomic E-state index is 0.0604. The second-order valence-corrected chi connectivity index (χ2v) is 6.60. The maximum absolute atomic E-state index is 12.0. The molecule has 0 aliphatic carbocycles. The van der Waals surface area contributed by atoms with Crippen LogP contribution in [0.15, 0.2) is 46.2 Å². The third kappa shape index (κ3) is 4.21. The molecule has 118 valence electrons. The van der Waals surface area contributed by atoms with Crippen LogP contribution in [-0.4, -0.2) is 10.9 Å². The Hall–Kier alpha value is -2.11. The first kappa shape index (κ1) is 15.8. The lowest BCUT2D eigenvalue weighted by molar-refractivity contribution is -0.120. The zero-order valence-corrected chi connectivity index (χ0v) is 14.1. The number of carbonyl (C=O) groups is 1. The third-order valence-corrected chi connectivity index (χ3v) is 4.30. The molecule has 23 heavy (non-hydrogen) atoms. The number of amides is 1. The fraction of sp³-hybridized carbons (Fsp3) is 0.176. The van der Waals surface area contributed by atoms with Crippen molar-refractivity contribution in [3.8, 4) is 11.5 Å². The van der Waals surface area contributed by atoms with Crippen molar-refractivity contribution in [2.45, 2.75) is 19.9 Å². The molecule has 1 aromatic carbocycles. The summed E-state index contributed by atoms with van der Waals surface area (Å²) in [6, 6.07) is 11.0. The summed E-state index contributed by atoms with van der Waals surface area (Å²) in [7, 11) is 0. The van der Waals surface area contributed by atoms with Gasteiger partial charge in [0.15, 0.2) is 5.76 Å². The van der Waals surface area contributed by atoms with Gasteiger partial charge in [-0.05, 0) is 36.8 Å². The van der Waals surface area contributed by atoms with Crippen molar-refractivity contribution in [2.24, 2.45) is 0 Å². The highest BCUT2D eigenvalue weighted by molar-refractivity contribution is 7.09. The lowest BCUT2D eigenvalue weighted by Crippen LogP contribution is -2.24. The van der Waals surface area contributed by atoms with E-state index in [1.165, 1.54) is 0 Å². The lowest BCUT2D eigenvalue weighted by Gasteiger charge is -2.03. The van der Waals surface area contributed by atoms with Gasteiger partial charge in [0.2, 0.25) is 5.91 Å². The Morgan fingerprint density at radius 3 is 2.74 bits per heavy atom. The molecule has 4 nitrogen and oxygen atoms in total. The molecule has 1 amide bonds. The minimum Gasteiger partial charge on any atom is -0.458 e. The largest absolute Gasteiger partial charge is 0.458 e. The summed E-state index contributed by atoms with van der Waals surface area (Å²) < 4.78 is 5.71. The van der Waals surface area contributed by atoms with E-state index in [0.717, 1.165) is 22.0 Å². The number of nitrogens with one attached hydrogen (secondary N) is 1. The smallest absolute Gasteiger partial charge is 0.224 e. The number of carbonyl (C=O) groups excluding carboxylic acids is 1. The van der Waals surface area contributed by atoms with E-state index in [2.05, 4.69) is 10.3 Å². The van der Waals surface area contributed by atoms with Gasteiger partial charge in [0.05, 0.1) is 18.0 Å². The summed E-state index contributed by atoms with van der Waals surface area (Å²) in [6.07, 6.45) is 0.315. The molecule has 2 aromatic heterocycles. The van der Waals surface area contributed by atoms with E-state index in [4.69, 9.17) is 16.0 Å². The van der Waals surface area contributed by atoms with Crippen LogP contribution < -0.4 is 5.32 Å². The normalized spacial score (nSPS) is 10.7. The summed E-state index contributed by atoms with van der Waals surface area (Å²) >= 11 is 7.41. The molecule has 0 aliphatic heterocycles. The molecular formula is C17H15ClN2O2S. The van der Waals surface area contributed by atoms with Crippen molar-refractivity contribution >= 4 is 28.8 Å². The molecule has 6 heteroatoms. The average molecular weight is 347 g/mol. The minimum atomic E-state index is -0.0604. The van der Waals surface area contributed by atoms with E-state index in [1.54, 1.807) is 23.5 Å². The standard InChI is InChI=1S/C17H15ClN2O2S/c1-11-20-15(10-23-11)16-7-6-14(22-16)9-19-17(21)8-12-2-4-13(18)5-3-12/h2-7,10H,8-9H2,1H3,(H,19,21). The molecule has 0 atom stereocenters. The van der Waals surface area contributed by atoms with Gasteiger partial charge in [0.25, 0.3) is 0 Å². The molecule has 0 aliphatic rings. The van der Waals surface area contributed by atoms with E-state index in [0.29, 0.717) is 23.7 Å². The van der Waals surface area contributed by atoms with Gasteiger partial charge < -0.3 is 9.73 Å². The topological polar surface area (TPSA) is 55.1 Å². The van der Waals surface area contributed by atoms with Crippen LogP contribution >= 0.6 is 22.9 Å². The number of nitrogens with zero attached hydrogens (tertiary/aromatic N) is 1. The Bertz CT molecular complexity index is 808. The quantitative estimate of drug-likeness (QED) is 0.752. The van der Waals surface area contributed by atoms with Crippen LogP contribution in [0.4, 0.5) is 0 Å². The summed E-state index contributed by atoms with van der Waals surface area (Å²) in [5.41, 5.74) is 1.75. The predicted octanol–water partition coefficient (Wildman–Crippen LogP) is 4.22. The second kappa shape index (κ2) is 6.98. The fourth-order valence-electron chi connectivity index (χ4n) is 2.12. The highest BCUT2D eigenvalue weighted by Crippen LogP contribution is 2.23. The lowest BCUT2D eigenvalue weighted by atomic mass is 10.1. The van der Waals surface area contributed by atoms with E-state index in [1.807, 2.05) is 36.6 Å². The van der Waals surface area contributed by atoms with Crippen LogP contribution in [0.1, 0.15) is 16.3 Å². The second-order valence-electron chi connectivity index (χ2n) is 5.10. The van der Waals surface area contributed by atoms with E-state index >= 15 is 0 Å². The van der Waals surface area contributed by atoms with Gasteiger partial charge in [-0.25, -0.2) is 4.98 Å². The number of thiazole rings is 1. The van der Waals surface area contributed by atoms with Gasteiger partial charge in [-0.2, -0.15) is 0 Å². The number of halogens is 1. The summed E-state index contributed by atoms with van der Waals surface area (Å²) in [6.45, 7) is 2.31. The Kier molecular flexibility index (Phi) is 4.79. The Morgan fingerprint density at radius 2 is 2.04 bits per heavy atom. The van der Waals surface area contributed by atoms with Crippen molar-refractivity contribution in [3.63, 3.8) is 0 Å². The van der Waals surface area contributed by atoms with E-state index < -0.39 is 0 Å². The molecule has 0 spiro atoms. The number of furan rings is 1. The van der Waals surface area contributed by atoms with Gasteiger partial charge in [-0.15, -0.1) is 11.3 Å². The fourth-order valence-corrected chi connectivity index (χ4v) is 2.85. The molecule has 0 saturated carbocycles. The van der Waals surface area contributed by atoms with Crippen LogP contribution in [-0.2, 0) is 17.8 Å².